The largest absolute Gasteiger partial charge is 0.573 e. The van der Waals surface area contributed by atoms with Crippen LogP contribution in [-0.2, 0) is 4.79 Å². The van der Waals surface area contributed by atoms with E-state index in [1.807, 2.05) is 5.32 Å². The third-order valence-electron chi connectivity index (χ3n) is 2.70. The van der Waals surface area contributed by atoms with Gasteiger partial charge in [-0.15, -0.1) is 13.2 Å². The maximum Gasteiger partial charge on any atom is 0.573 e. The maximum absolute atomic E-state index is 12.5. The minimum Gasteiger partial charge on any atom is -0.486 e. The molecule has 11 heteroatoms. The summed E-state index contributed by atoms with van der Waals surface area (Å²) in [6.07, 6.45) is -3.72. The van der Waals surface area contributed by atoms with Gasteiger partial charge in [0.2, 0.25) is 0 Å². The molecule has 1 rings (SSSR count). The average Bonchev–Trinajstić information content (AvgIpc) is 2.56. The van der Waals surface area contributed by atoms with Crippen LogP contribution in [0.15, 0.2) is 30.9 Å². The van der Waals surface area contributed by atoms with Gasteiger partial charge in [0, 0.05) is 5.56 Å². The second kappa shape index (κ2) is 8.89. The first-order valence-corrected chi connectivity index (χ1v) is 6.71. The molecule has 0 unspecified atom stereocenters. The van der Waals surface area contributed by atoms with Gasteiger partial charge in [-0.2, -0.15) is 0 Å². The van der Waals surface area contributed by atoms with E-state index in [4.69, 9.17) is 15.1 Å². The van der Waals surface area contributed by atoms with Crippen LogP contribution in [0.25, 0.3) is 0 Å². The number of rotatable bonds is 8. The van der Waals surface area contributed by atoms with Crippen LogP contribution in [0.2, 0.25) is 0 Å². The number of hydrogen-bond acceptors (Lipinski definition) is 6. The summed E-state index contributed by atoms with van der Waals surface area (Å²) in [6.45, 7) is 2.42. The lowest BCUT2D eigenvalue weighted by Crippen LogP contribution is -2.48. The molecule has 0 spiro atoms. The van der Waals surface area contributed by atoms with Gasteiger partial charge in [0.15, 0.2) is 11.5 Å². The van der Waals surface area contributed by atoms with Gasteiger partial charge in [0.1, 0.15) is 12.6 Å². The number of hydrogen-bond donors (Lipinski definition) is 4. The Labute approximate surface area is 139 Å². The van der Waals surface area contributed by atoms with Gasteiger partial charge < -0.3 is 19.9 Å². The lowest BCUT2D eigenvalue weighted by Gasteiger charge is -2.16. The Bertz CT molecular complexity index is 635. The van der Waals surface area contributed by atoms with Gasteiger partial charge in [-0.25, -0.2) is 5.48 Å². The summed E-state index contributed by atoms with van der Waals surface area (Å²) in [6, 6.07) is 1.45. The summed E-state index contributed by atoms with van der Waals surface area (Å²) < 4.78 is 46.3. The third-order valence-corrected chi connectivity index (χ3v) is 2.70. The zero-order valence-electron chi connectivity index (χ0n) is 12.7. The molecule has 138 valence electrons. The maximum atomic E-state index is 12.5. The Kier molecular flexibility index (Phi) is 7.21. The number of amides is 2. The monoisotopic (exact) mass is 364 g/mol. The quantitative estimate of drug-likeness (QED) is 0.307. The molecule has 0 aliphatic rings. The van der Waals surface area contributed by atoms with Crippen LogP contribution in [-0.4, -0.2) is 47.7 Å². The summed E-state index contributed by atoms with van der Waals surface area (Å²) in [7, 11) is 0. The van der Waals surface area contributed by atoms with Crippen molar-refractivity contribution in [2.75, 3.05) is 13.2 Å². The predicted octanol–water partition coefficient (Wildman–Crippen LogP) is 0.746. The molecule has 0 heterocycles. The molecule has 0 bridgehead atoms. The molecule has 2 amide bonds. The smallest absolute Gasteiger partial charge is 0.486 e. The number of alkyl halides is 3. The highest BCUT2D eigenvalue weighted by Crippen LogP contribution is 2.33. The molecule has 4 N–H and O–H groups in total. The van der Waals surface area contributed by atoms with Crippen molar-refractivity contribution in [2.24, 2.45) is 0 Å². The SMILES string of the molecule is C=CCOc1ccc(C(=O)N[C@@H](CO)C(=O)NO)cc1OC(F)(F)F. The van der Waals surface area contributed by atoms with Gasteiger partial charge >= 0.3 is 6.36 Å². The topological polar surface area (TPSA) is 117 Å². The lowest BCUT2D eigenvalue weighted by molar-refractivity contribution is -0.275. The Morgan fingerprint density at radius 3 is 2.52 bits per heavy atom. The van der Waals surface area contributed by atoms with Gasteiger partial charge in [-0.3, -0.25) is 14.8 Å². The fraction of sp³-hybridized carbons (Fsp3) is 0.286. The number of nitrogens with one attached hydrogen (secondary N) is 2. The Balaban J connectivity index is 3.06. The number of halogens is 3. The number of aliphatic hydroxyl groups is 1. The van der Waals surface area contributed by atoms with Gasteiger partial charge in [-0.1, -0.05) is 12.7 Å². The van der Waals surface area contributed by atoms with E-state index < -0.39 is 36.6 Å². The molecule has 0 saturated carbocycles. The number of ether oxygens (including phenoxy) is 2. The number of carbonyl (C=O) groups is 2. The minimum absolute atomic E-state index is 0.0942. The zero-order chi connectivity index (χ0) is 19.0. The lowest BCUT2D eigenvalue weighted by atomic mass is 10.1. The van der Waals surface area contributed by atoms with Crippen molar-refractivity contribution in [3.8, 4) is 11.5 Å². The molecular formula is C14H15F3N2O6. The Hall–Kier alpha value is -2.79. The first-order valence-electron chi connectivity index (χ1n) is 6.71. The first kappa shape index (κ1) is 20.3. The molecule has 1 atom stereocenters. The van der Waals surface area contributed by atoms with E-state index in [0.717, 1.165) is 18.2 Å². The summed E-state index contributed by atoms with van der Waals surface area (Å²) in [5.74, 6) is -3.13. The summed E-state index contributed by atoms with van der Waals surface area (Å²) >= 11 is 0. The highest BCUT2D eigenvalue weighted by Gasteiger charge is 2.33. The fourth-order valence-corrected chi connectivity index (χ4v) is 1.64. The first-order chi connectivity index (χ1) is 11.7. The van der Waals surface area contributed by atoms with E-state index in [1.54, 1.807) is 0 Å². The number of benzene rings is 1. The van der Waals surface area contributed by atoms with Crippen LogP contribution in [0, 0.1) is 0 Å². The summed E-state index contributed by atoms with van der Waals surface area (Å²) in [5, 5.41) is 19.5. The van der Waals surface area contributed by atoms with Gasteiger partial charge in [0.05, 0.1) is 6.61 Å². The highest BCUT2D eigenvalue weighted by molar-refractivity contribution is 5.98. The van der Waals surface area contributed by atoms with Crippen LogP contribution in [0.3, 0.4) is 0 Å². The molecule has 1 aromatic rings. The average molecular weight is 364 g/mol. The van der Waals surface area contributed by atoms with E-state index in [-0.39, 0.29) is 17.9 Å². The second-order valence-electron chi connectivity index (χ2n) is 4.49. The van der Waals surface area contributed by atoms with Crippen LogP contribution < -0.4 is 20.3 Å². The van der Waals surface area contributed by atoms with E-state index in [9.17, 15) is 22.8 Å². The van der Waals surface area contributed by atoms with Crippen molar-refractivity contribution in [1.29, 1.82) is 0 Å². The van der Waals surface area contributed by atoms with E-state index in [0.29, 0.717) is 0 Å². The standard InChI is InChI=1S/C14H15F3N2O6/c1-2-5-24-10-4-3-8(6-11(10)25-14(15,16)17)12(21)18-9(7-20)13(22)19-23/h2-4,6,9,20,23H,1,5,7H2,(H,18,21)(H,19,22)/t9-/m0/s1. The van der Waals surface area contributed by atoms with Crippen LogP contribution >= 0.6 is 0 Å². The Morgan fingerprint density at radius 1 is 1.32 bits per heavy atom. The summed E-state index contributed by atoms with van der Waals surface area (Å²) in [5.41, 5.74) is 0.934. The van der Waals surface area contributed by atoms with Gasteiger partial charge in [-0.05, 0) is 18.2 Å². The van der Waals surface area contributed by atoms with Crippen molar-refractivity contribution >= 4 is 11.8 Å². The minimum atomic E-state index is -5.02. The molecule has 25 heavy (non-hydrogen) atoms. The van der Waals surface area contributed by atoms with Crippen LogP contribution in [0.1, 0.15) is 10.4 Å². The number of aliphatic hydroxyl groups excluding tert-OH is 1. The molecule has 0 fully saturated rings. The fourth-order valence-electron chi connectivity index (χ4n) is 1.64. The number of carbonyl (C=O) groups excluding carboxylic acids is 2. The predicted molar refractivity (Wildman–Crippen MR) is 77.1 cm³/mol. The van der Waals surface area contributed by atoms with E-state index >= 15 is 0 Å². The van der Waals surface area contributed by atoms with Crippen LogP contribution in [0.5, 0.6) is 11.5 Å². The van der Waals surface area contributed by atoms with Crippen molar-refractivity contribution in [1.82, 2.24) is 10.8 Å². The van der Waals surface area contributed by atoms with Crippen molar-refractivity contribution in [3.05, 3.63) is 36.4 Å². The molecule has 1 aromatic carbocycles. The molecule has 0 aromatic heterocycles. The number of hydroxylamine groups is 1. The third kappa shape index (κ3) is 6.31. The zero-order valence-corrected chi connectivity index (χ0v) is 12.7. The molecule has 0 aliphatic heterocycles. The molecule has 0 radical (unpaired) electrons. The molecule has 0 aliphatic carbocycles. The van der Waals surface area contributed by atoms with Crippen molar-refractivity contribution in [3.63, 3.8) is 0 Å². The van der Waals surface area contributed by atoms with E-state index in [2.05, 4.69) is 11.3 Å². The van der Waals surface area contributed by atoms with E-state index in [1.165, 1.54) is 11.6 Å². The normalized spacial score (nSPS) is 12.0. The molecule has 0 saturated heterocycles. The summed E-state index contributed by atoms with van der Waals surface area (Å²) in [4.78, 5) is 23.2. The second-order valence-corrected chi connectivity index (χ2v) is 4.49. The molecular weight excluding hydrogens is 349 g/mol. The Morgan fingerprint density at radius 2 is 2.00 bits per heavy atom. The van der Waals surface area contributed by atoms with Crippen LogP contribution in [0.4, 0.5) is 13.2 Å². The van der Waals surface area contributed by atoms with Crippen molar-refractivity contribution < 1.29 is 42.5 Å². The van der Waals surface area contributed by atoms with Gasteiger partial charge in [0.25, 0.3) is 11.8 Å². The highest BCUT2D eigenvalue weighted by atomic mass is 19.4. The molecule has 8 nitrogen and oxygen atoms in total. The van der Waals surface area contributed by atoms with Crippen molar-refractivity contribution in [2.45, 2.75) is 12.4 Å².